The zero-order valence-corrected chi connectivity index (χ0v) is 12.5. The average Bonchev–Trinajstić information content (AvgIpc) is 2.44. The maximum absolute atomic E-state index is 11.8. The third-order valence-corrected chi connectivity index (χ3v) is 3.04. The van der Waals surface area contributed by atoms with Crippen molar-refractivity contribution in [1.29, 1.82) is 0 Å². The van der Waals surface area contributed by atoms with Gasteiger partial charge in [-0.2, -0.15) is 0 Å². The summed E-state index contributed by atoms with van der Waals surface area (Å²) in [7, 11) is 0. The number of rotatable bonds is 8. The van der Waals surface area contributed by atoms with Crippen molar-refractivity contribution in [2.45, 2.75) is 33.0 Å². The first-order valence-corrected chi connectivity index (χ1v) is 6.97. The minimum atomic E-state index is -1.38. The topological polar surface area (TPSA) is 95.3 Å². The van der Waals surface area contributed by atoms with Gasteiger partial charge in [-0.05, 0) is 18.8 Å². The van der Waals surface area contributed by atoms with E-state index in [0.717, 1.165) is 5.57 Å². The molecule has 1 heterocycles. The average molecular weight is 293 g/mol. The molecular weight excluding hydrogens is 270 g/mol. The van der Waals surface area contributed by atoms with Gasteiger partial charge in [0, 0.05) is 24.9 Å². The van der Waals surface area contributed by atoms with E-state index in [1.165, 1.54) is 18.6 Å². The Bertz CT molecular complexity index is 460. The summed E-state index contributed by atoms with van der Waals surface area (Å²) in [6, 6.07) is 0. The van der Waals surface area contributed by atoms with Crippen LogP contribution in [0.3, 0.4) is 0 Å². The molecule has 0 bridgehead atoms. The first-order chi connectivity index (χ1) is 9.90. The number of carbonyl (C=O) groups is 1. The summed E-state index contributed by atoms with van der Waals surface area (Å²) in [6.07, 6.45) is 4.10. The molecule has 0 aliphatic rings. The second-order valence-electron chi connectivity index (χ2n) is 5.53. The number of hydrogen-bond donors (Lipinski definition) is 3. The molecule has 0 spiro atoms. The number of aliphatic hydroxyl groups is 2. The molecule has 1 aromatic rings. The van der Waals surface area contributed by atoms with E-state index in [4.69, 9.17) is 0 Å². The molecule has 1 aromatic heterocycles. The summed E-state index contributed by atoms with van der Waals surface area (Å²) in [5.41, 5.74) is 0.984. The minimum absolute atomic E-state index is 0.242. The molecule has 0 saturated heterocycles. The molecule has 1 atom stereocenters. The van der Waals surface area contributed by atoms with Gasteiger partial charge in [0.2, 0.25) is 0 Å². The van der Waals surface area contributed by atoms with Crippen LogP contribution in [0.5, 0.6) is 0 Å². The predicted octanol–water partition coefficient (Wildman–Crippen LogP) is 1.13. The van der Waals surface area contributed by atoms with Crippen LogP contribution in [0.1, 0.15) is 37.2 Å². The summed E-state index contributed by atoms with van der Waals surface area (Å²) >= 11 is 0. The summed E-state index contributed by atoms with van der Waals surface area (Å²) in [5, 5.41) is 21.4. The number of hydrogen-bond acceptors (Lipinski definition) is 5. The van der Waals surface area contributed by atoms with Gasteiger partial charge in [0.15, 0.2) is 6.29 Å². The lowest BCUT2D eigenvalue weighted by molar-refractivity contribution is -0.0884. The van der Waals surface area contributed by atoms with Gasteiger partial charge in [0.05, 0.1) is 6.20 Å². The molecule has 0 aliphatic heterocycles. The Balaban J connectivity index is 2.44. The normalized spacial score (nSPS) is 12.5. The van der Waals surface area contributed by atoms with Gasteiger partial charge >= 0.3 is 0 Å². The molecule has 116 valence electrons. The Morgan fingerprint density at radius 3 is 2.62 bits per heavy atom. The highest BCUT2D eigenvalue weighted by Gasteiger charge is 2.19. The smallest absolute Gasteiger partial charge is 0.271 e. The van der Waals surface area contributed by atoms with Crippen LogP contribution >= 0.6 is 0 Å². The van der Waals surface area contributed by atoms with Gasteiger partial charge in [-0.1, -0.05) is 26.0 Å². The van der Waals surface area contributed by atoms with Crippen molar-refractivity contribution in [3.63, 3.8) is 0 Å². The highest BCUT2D eigenvalue weighted by Crippen LogP contribution is 2.21. The van der Waals surface area contributed by atoms with E-state index in [-0.39, 0.29) is 24.1 Å². The van der Waals surface area contributed by atoms with Crippen molar-refractivity contribution < 1.29 is 15.0 Å². The van der Waals surface area contributed by atoms with E-state index in [9.17, 15) is 15.0 Å². The third-order valence-electron chi connectivity index (χ3n) is 3.04. The second kappa shape index (κ2) is 8.49. The fourth-order valence-corrected chi connectivity index (χ4v) is 2.07. The third kappa shape index (κ3) is 6.46. The number of aliphatic hydroxyl groups excluding tert-OH is 1. The monoisotopic (exact) mass is 293 g/mol. The van der Waals surface area contributed by atoms with Crippen LogP contribution in [-0.2, 0) is 0 Å². The van der Waals surface area contributed by atoms with E-state index in [2.05, 4.69) is 21.9 Å². The molecule has 6 heteroatoms. The lowest BCUT2D eigenvalue weighted by Gasteiger charge is -2.22. The van der Waals surface area contributed by atoms with Crippen molar-refractivity contribution in [1.82, 2.24) is 15.3 Å². The largest absolute Gasteiger partial charge is 0.368 e. The van der Waals surface area contributed by atoms with Crippen molar-refractivity contribution in [3.8, 4) is 0 Å². The Morgan fingerprint density at radius 1 is 1.38 bits per heavy atom. The van der Waals surface area contributed by atoms with E-state index >= 15 is 0 Å². The first-order valence-electron chi connectivity index (χ1n) is 6.97. The van der Waals surface area contributed by atoms with Crippen LogP contribution in [0.15, 0.2) is 30.7 Å². The lowest BCUT2D eigenvalue weighted by Crippen LogP contribution is -2.28. The Labute approximate surface area is 124 Å². The molecule has 1 amide bonds. The molecule has 0 fully saturated rings. The second-order valence-corrected chi connectivity index (χ2v) is 5.53. The highest BCUT2D eigenvalue weighted by molar-refractivity contribution is 5.91. The number of aromatic nitrogens is 2. The van der Waals surface area contributed by atoms with Crippen molar-refractivity contribution in [2.24, 2.45) is 11.8 Å². The zero-order valence-electron chi connectivity index (χ0n) is 12.5. The fraction of sp³-hybridized carbons (Fsp3) is 0.533. The predicted molar refractivity (Wildman–Crippen MR) is 79.3 cm³/mol. The van der Waals surface area contributed by atoms with Crippen LogP contribution in [0.4, 0.5) is 0 Å². The molecular formula is C15H23N3O3. The van der Waals surface area contributed by atoms with E-state index in [0.29, 0.717) is 18.8 Å². The van der Waals surface area contributed by atoms with Crippen LogP contribution < -0.4 is 5.32 Å². The van der Waals surface area contributed by atoms with Gasteiger partial charge in [-0.3, -0.25) is 9.78 Å². The molecule has 21 heavy (non-hydrogen) atoms. The van der Waals surface area contributed by atoms with Gasteiger partial charge in [-0.25, -0.2) is 4.98 Å². The van der Waals surface area contributed by atoms with Crippen molar-refractivity contribution >= 4 is 5.91 Å². The summed E-state index contributed by atoms with van der Waals surface area (Å²) < 4.78 is 0. The SMILES string of the molecule is C=C(CNC(=O)c1cnccn1)C[C@H](CC(C)C)C(O)O. The van der Waals surface area contributed by atoms with E-state index in [1.807, 2.05) is 13.8 Å². The lowest BCUT2D eigenvalue weighted by atomic mass is 9.90. The number of amides is 1. The summed E-state index contributed by atoms with van der Waals surface area (Å²) in [5.74, 6) is -0.237. The number of nitrogens with zero attached hydrogens (tertiary/aromatic N) is 2. The van der Waals surface area contributed by atoms with Crippen LogP contribution in [0.25, 0.3) is 0 Å². The van der Waals surface area contributed by atoms with E-state index < -0.39 is 6.29 Å². The molecule has 0 aromatic carbocycles. The molecule has 0 aliphatic carbocycles. The minimum Gasteiger partial charge on any atom is -0.368 e. The quantitative estimate of drug-likeness (QED) is 0.493. The molecule has 6 nitrogen and oxygen atoms in total. The van der Waals surface area contributed by atoms with Crippen LogP contribution in [0.2, 0.25) is 0 Å². The number of nitrogens with one attached hydrogen (secondary N) is 1. The van der Waals surface area contributed by atoms with Crippen molar-refractivity contribution in [2.75, 3.05) is 6.54 Å². The van der Waals surface area contributed by atoms with Crippen LogP contribution in [0, 0.1) is 11.8 Å². The fourth-order valence-electron chi connectivity index (χ4n) is 2.07. The van der Waals surface area contributed by atoms with Crippen molar-refractivity contribution in [3.05, 3.63) is 36.4 Å². The van der Waals surface area contributed by atoms with Gasteiger partial charge in [0.1, 0.15) is 5.69 Å². The Kier molecular flexibility index (Phi) is 6.98. The Morgan fingerprint density at radius 2 is 2.10 bits per heavy atom. The zero-order chi connectivity index (χ0) is 15.8. The standard InChI is InChI=1S/C15H23N3O3/c1-10(2)6-12(15(20)21)7-11(3)8-18-14(19)13-9-16-4-5-17-13/h4-5,9-10,12,15,20-21H,3,6-8H2,1-2H3,(H,18,19)/t12-/m0/s1. The van der Waals surface area contributed by atoms with Crippen LogP contribution in [-0.4, -0.2) is 38.9 Å². The number of carbonyl (C=O) groups excluding carboxylic acids is 1. The first kappa shape index (κ1) is 17.3. The maximum Gasteiger partial charge on any atom is 0.271 e. The molecule has 0 saturated carbocycles. The molecule has 0 radical (unpaired) electrons. The molecule has 3 N–H and O–H groups in total. The van der Waals surface area contributed by atoms with Gasteiger partial charge < -0.3 is 15.5 Å². The summed E-state index contributed by atoms with van der Waals surface area (Å²) in [6.45, 7) is 8.19. The van der Waals surface area contributed by atoms with Gasteiger partial charge in [-0.15, -0.1) is 0 Å². The highest BCUT2D eigenvalue weighted by atomic mass is 16.5. The summed E-state index contributed by atoms with van der Waals surface area (Å²) in [4.78, 5) is 19.5. The Hall–Kier alpha value is -1.79. The maximum atomic E-state index is 11.8. The molecule has 1 rings (SSSR count). The molecule has 0 unspecified atom stereocenters. The van der Waals surface area contributed by atoms with E-state index in [1.54, 1.807) is 0 Å². The van der Waals surface area contributed by atoms with Gasteiger partial charge in [0.25, 0.3) is 5.91 Å².